The van der Waals surface area contributed by atoms with E-state index in [-0.39, 0.29) is 37.1 Å². The third kappa shape index (κ3) is 9.78. The Labute approximate surface area is 250 Å². The molecule has 3 rings (SSSR count). The molecule has 0 saturated carbocycles. The summed E-state index contributed by atoms with van der Waals surface area (Å²) in [7, 11) is 3.81. The van der Waals surface area contributed by atoms with Gasteiger partial charge in [0.25, 0.3) is 0 Å². The zero-order chi connectivity index (χ0) is 30.9. The average molecular weight is 584 g/mol. The minimum absolute atomic E-state index is 0.0691. The molecule has 1 aromatic heterocycles. The number of hydrogen-bond acceptors (Lipinski definition) is 8. The Balaban J connectivity index is 1.80. The summed E-state index contributed by atoms with van der Waals surface area (Å²) in [6.07, 6.45) is 9.91. The third-order valence-electron chi connectivity index (χ3n) is 8.44. The second-order valence-electron chi connectivity index (χ2n) is 12.2. The van der Waals surface area contributed by atoms with Crippen LogP contribution in [0.4, 0.5) is 4.79 Å². The highest BCUT2D eigenvalue weighted by Gasteiger charge is 2.37. The molecule has 42 heavy (non-hydrogen) atoms. The first kappa shape index (κ1) is 33.5. The highest BCUT2D eigenvalue weighted by Crippen LogP contribution is 2.28. The smallest absolute Gasteiger partial charge is 0.410 e. The van der Waals surface area contributed by atoms with Gasteiger partial charge >= 0.3 is 12.1 Å². The summed E-state index contributed by atoms with van der Waals surface area (Å²) in [5.41, 5.74) is 0.323. The SMILES string of the molecule is C/C(=C\C=C\[C@H](C)c1ccccn1)[C@H]1OC(=O)C[C@@H](O)CC[C@](C)(O)[C@@H](OC(=O)N(C)C2CCN(C)CC2)/C=C/[C@@H]1C. The number of aliphatic hydroxyl groups excluding tert-OH is 1. The number of aliphatic hydroxyl groups is 2. The van der Waals surface area contributed by atoms with Gasteiger partial charge in [-0.3, -0.25) is 9.78 Å². The van der Waals surface area contributed by atoms with Gasteiger partial charge in [0.15, 0.2) is 6.10 Å². The van der Waals surface area contributed by atoms with Crippen LogP contribution in [0.15, 0.2) is 60.3 Å². The fourth-order valence-electron chi connectivity index (χ4n) is 5.39. The van der Waals surface area contributed by atoms with E-state index in [9.17, 15) is 19.8 Å². The van der Waals surface area contributed by atoms with Crippen LogP contribution in [0.2, 0.25) is 0 Å². The standard InChI is InChI=1S/C33H49N3O6/c1-23(28-12-7-8-19-34-28)10-9-11-24(2)31-25(3)13-14-29(33(4,40)18-15-27(37)22-30(38)42-31)41-32(39)36(6)26-16-20-35(5)21-17-26/h7-14,19,23,25-27,29,31,37,40H,15-18,20-22H2,1-6H3/b10-9+,14-13+,24-11+/t23-,25-,27-,29-,31+,33-/m0/s1. The van der Waals surface area contributed by atoms with Gasteiger partial charge in [-0.25, -0.2) is 4.79 Å². The van der Waals surface area contributed by atoms with Crippen molar-refractivity contribution in [3.63, 3.8) is 0 Å². The van der Waals surface area contributed by atoms with Gasteiger partial charge in [-0.2, -0.15) is 0 Å². The van der Waals surface area contributed by atoms with Gasteiger partial charge in [0.1, 0.15) is 11.7 Å². The minimum atomic E-state index is -1.45. The van der Waals surface area contributed by atoms with Crippen molar-refractivity contribution < 1.29 is 29.3 Å². The number of hydrogen-bond donors (Lipinski definition) is 2. The fraction of sp³-hybridized carbons (Fsp3) is 0.606. The summed E-state index contributed by atoms with van der Waals surface area (Å²) in [6.45, 7) is 9.27. The van der Waals surface area contributed by atoms with Crippen LogP contribution in [-0.4, -0.2) is 94.2 Å². The quantitative estimate of drug-likeness (QED) is 0.284. The van der Waals surface area contributed by atoms with Crippen molar-refractivity contribution in [2.75, 3.05) is 27.2 Å². The largest absolute Gasteiger partial charge is 0.457 e. The summed E-state index contributed by atoms with van der Waals surface area (Å²) < 4.78 is 11.8. The predicted octanol–water partition coefficient (Wildman–Crippen LogP) is 4.62. The first-order valence-corrected chi connectivity index (χ1v) is 15.0. The van der Waals surface area contributed by atoms with Crippen LogP contribution in [0.1, 0.15) is 71.4 Å². The normalized spacial score (nSPS) is 30.6. The summed E-state index contributed by atoms with van der Waals surface area (Å²) in [5.74, 6) is -0.701. The van der Waals surface area contributed by atoms with Crippen molar-refractivity contribution >= 4 is 12.1 Å². The Bertz CT molecular complexity index is 1110. The fourth-order valence-corrected chi connectivity index (χ4v) is 5.39. The van der Waals surface area contributed by atoms with Crippen molar-refractivity contribution in [3.8, 4) is 0 Å². The summed E-state index contributed by atoms with van der Waals surface area (Å²) in [5, 5.41) is 22.0. The Morgan fingerprint density at radius 3 is 2.64 bits per heavy atom. The van der Waals surface area contributed by atoms with Crippen molar-refractivity contribution in [1.29, 1.82) is 0 Å². The molecule has 0 aliphatic carbocycles. The Kier molecular flexibility index (Phi) is 12.3. The van der Waals surface area contributed by atoms with Crippen molar-refractivity contribution in [2.45, 2.75) is 95.7 Å². The number of likely N-dealkylation sites (tertiary alicyclic amines) is 1. The maximum absolute atomic E-state index is 13.2. The molecule has 9 nitrogen and oxygen atoms in total. The summed E-state index contributed by atoms with van der Waals surface area (Å²) >= 11 is 0. The van der Waals surface area contributed by atoms with Crippen LogP contribution < -0.4 is 0 Å². The topological polar surface area (TPSA) is 112 Å². The van der Waals surface area contributed by atoms with Gasteiger partial charge in [-0.05, 0) is 83.4 Å². The van der Waals surface area contributed by atoms with Gasteiger partial charge < -0.3 is 29.5 Å². The first-order valence-electron chi connectivity index (χ1n) is 15.0. The van der Waals surface area contributed by atoms with Crippen molar-refractivity contribution in [1.82, 2.24) is 14.8 Å². The van der Waals surface area contributed by atoms with Gasteiger partial charge in [0.2, 0.25) is 0 Å². The van der Waals surface area contributed by atoms with E-state index in [1.165, 1.54) is 0 Å². The molecular weight excluding hydrogens is 534 g/mol. The molecule has 1 fully saturated rings. The number of ether oxygens (including phenoxy) is 2. The molecule has 2 aliphatic heterocycles. The molecule has 1 aromatic rings. The monoisotopic (exact) mass is 583 g/mol. The summed E-state index contributed by atoms with van der Waals surface area (Å²) in [6, 6.07) is 5.88. The first-order chi connectivity index (χ1) is 19.9. The summed E-state index contributed by atoms with van der Waals surface area (Å²) in [4.78, 5) is 34.2. The van der Waals surface area contributed by atoms with E-state index in [4.69, 9.17) is 9.47 Å². The molecule has 232 valence electrons. The number of amides is 1. The maximum Gasteiger partial charge on any atom is 0.410 e. The second kappa shape index (κ2) is 15.5. The molecule has 0 radical (unpaired) electrons. The third-order valence-corrected chi connectivity index (χ3v) is 8.44. The van der Waals surface area contributed by atoms with Gasteiger partial charge in [-0.15, -0.1) is 0 Å². The van der Waals surface area contributed by atoms with Crippen LogP contribution in [-0.2, 0) is 14.3 Å². The second-order valence-corrected chi connectivity index (χ2v) is 12.2. The van der Waals surface area contributed by atoms with Crippen LogP contribution in [0, 0.1) is 5.92 Å². The lowest BCUT2D eigenvalue weighted by Gasteiger charge is -2.37. The molecule has 0 aromatic carbocycles. The molecular formula is C33H49N3O6. The van der Waals surface area contributed by atoms with Crippen LogP contribution >= 0.6 is 0 Å². The van der Waals surface area contributed by atoms with E-state index in [1.54, 1.807) is 31.1 Å². The van der Waals surface area contributed by atoms with Gasteiger partial charge in [0, 0.05) is 36.8 Å². The number of allylic oxidation sites excluding steroid dienone is 3. The van der Waals surface area contributed by atoms with Crippen LogP contribution in [0.25, 0.3) is 0 Å². The van der Waals surface area contributed by atoms with E-state index in [1.807, 2.05) is 56.4 Å². The molecule has 1 saturated heterocycles. The van der Waals surface area contributed by atoms with E-state index in [0.717, 1.165) is 37.2 Å². The zero-order valence-electron chi connectivity index (χ0n) is 26.0. The number of rotatable bonds is 6. The van der Waals surface area contributed by atoms with Gasteiger partial charge in [-0.1, -0.05) is 44.2 Å². The number of carbonyl (C=O) groups is 2. The molecule has 3 heterocycles. The number of piperidine rings is 1. The molecule has 1 amide bonds. The molecule has 0 bridgehead atoms. The van der Waals surface area contributed by atoms with E-state index in [2.05, 4.69) is 23.9 Å². The molecule has 6 atom stereocenters. The van der Waals surface area contributed by atoms with Crippen LogP contribution in [0.3, 0.4) is 0 Å². The Morgan fingerprint density at radius 2 is 1.98 bits per heavy atom. The number of pyridine rings is 1. The maximum atomic E-state index is 13.2. The number of nitrogens with zero attached hydrogens (tertiary/aromatic N) is 3. The molecule has 9 heteroatoms. The van der Waals surface area contributed by atoms with Crippen molar-refractivity contribution in [2.24, 2.45) is 5.92 Å². The highest BCUT2D eigenvalue weighted by atomic mass is 16.6. The molecule has 0 unspecified atom stereocenters. The molecule has 2 aliphatic rings. The van der Waals surface area contributed by atoms with E-state index >= 15 is 0 Å². The minimum Gasteiger partial charge on any atom is -0.457 e. The highest BCUT2D eigenvalue weighted by molar-refractivity contribution is 5.70. The predicted molar refractivity (Wildman–Crippen MR) is 163 cm³/mol. The van der Waals surface area contributed by atoms with E-state index < -0.39 is 36.0 Å². The van der Waals surface area contributed by atoms with Gasteiger partial charge in [0.05, 0.1) is 12.5 Å². The lowest BCUT2D eigenvalue weighted by Crippen LogP contribution is -2.48. The molecule has 0 spiro atoms. The van der Waals surface area contributed by atoms with E-state index in [0.29, 0.717) is 0 Å². The van der Waals surface area contributed by atoms with Crippen LogP contribution in [0.5, 0.6) is 0 Å². The Morgan fingerprint density at radius 1 is 1.26 bits per heavy atom. The lowest BCUT2D eigenvalue weighted by molar-refractivity contribution is -0.151. The lowest BCUT2D eigenvalue weighted by atomic mass is 9.88. The van der Waals surface area contributed by atoms with Crippen molar-refractivity contribution in [3.05, 3.63) is 66.0 Å². The number of carbonyl (C=O) groups excluding carboxylic acids is 2. The zero-order valence-corrected chi connectivity index (χ0v) is 26.0. The number of esters is 1. The number of cyclic esters (lactones) is 1. The Hall–Kier alpha value is -3.01. The number of aromatic nitrogens is 1. The average Bonchev–Trinajstić information content (AvgIpc) is 2.96. The molecule has 2 N–H and O–H groups in total.